The van der Waals surface area contributed by atoms with Gasteiger partial charge in [0.2, 0.25) is 10.2 Å². The highest BCUT2D eigenvalue weighted by Crippen LogP contribution is 2.46. The molecule has 1 rings (SSSR count). The molecule has 0 radical (unpaired) electrons. The van der Waals surface area contributed by atoms with Crippen LogP contribution in [-0.2, 0) is 9.59 Å². The summed E-state index contributed by atoms with van der Waals surface area (Å²) >= 11 is 0.862. The first-order valence-electron chi connectivity index (χ1n) is 3.44. The summed E-state index contributed by atoms with van der Waals surface area (Å²) in [5.41, 5.74) is -0.593. The minimum absolute atomic E-state index is 0.0579. The van der Waals surface area contributed by atoms with Gasteiger partial charge >= 0.3 is 0 Å². The lowest BCUT2D eigenvalue weighted by Crippen LogP contribution is -2.44. The van der Waals surface area contributed by atoms with Crippen LogP contribution in [0.1, 0.15) is 26.7 Å². The Hall–Kier alpha value is -0.310. The van der Waals surface area contributed by atoms with E-state index in [9.17, 15) is 9.59 Å². The van der Waals surface area contributed by atoms with Crippen molar-refractivity contribution in [1.29, 1.82) is 0 Å². The van der Waals surface area contributed by atoms with Gasteiger partial charge in [0, 0.05) is 0 Å². The topological polar surface area (TPSA) is 34.1 Å². The zero-order chi connectivity index (χ0) is 7.78. The Kier molecular flexibility index (Phi) is 1.86. The third-order valence-corrected chi connectivity index (χ3v) is 3.33. The first-order chi connectivity index (χ1) is 4.67. The predicted molar refractivity (Wildman–Crippen MR) is 40.6 cm³/mol. The van der Waals surface area contributed by atoms with Crippen LogP contribution in [0.15, 0.2) is 0 Å². The molecular formula is C7H10O2S. The van der Waals surface area contributed by atoms with E-state index in [1.807, 2.05) is 13.8 Å². The van der Waals surface area contributed by atoms with Gasteiger partial charge in [-0.2, -0.15) is 0 Å². The molecule has 1 fully saturated rings. The molecule has 0 N–H and O–H groups in total. The van der Waals surface area contributed by atoms with Crippen LogP contribution in [0.5, 0.6) is 0 Å². The maximum Gasteiger partial charge on any atom is 0.210 e. The zero-order valence-corrected chi connectivity index (χ0v) is 6.96. The van der Waals surface area contributed by atoms with Gasteiger partial charge in [0.15, 0.2) is 0 Å². The van der Waals surface area contributed by atoms with Crippen molar-refractivity contribution in [2.75, 3.05) is 0 Å². The molecule has 0 unspecified atom stereocenters. The van der Waals surface area contributed by atoms with E-state index >= 15 is 0 Å². The lowest BCUT2D eigenvalue weighted by molar-refractivity contribution is -0.134. The van der Waals surface area contributed by atoms with E-state index in [2.05, 4.69) is 0 Å². The maximum absolute atomic E-state index is 11.0. The van der Waals surface area contributed by atoms with Crippen molar-refractivity contribution in [3.63, 3.8) is 0 Å². The highest BCUT2D eigenvalue weighted by molar-refractivity contribution is 8.29. The summed E-state index contributed by atoms with van der Waals surface area (Å²) in [4.78, 5) is 21.9. The molecule has 0 saturated carbocycles. The minimum Gasteiger partial charge on any atom is -0.286 e. The highest BCUT2D eigenvalue weighted by Gasteiger charge is 2.52. The first-order valence-corrected chi connectivity index (χ1v) is 4.25. The highest BCUT2D eigenvalue weighted by atomic mass is 32.2. The van der Waals surface area contributed by atoms with Gasteiger partial charge in [-0.3, -0.25) is 9.59 Å². The Bertz CT molecular complexity index is 166. The third kappa shape index (κ3) is 0.732. The lowest BCUT2D eigenvalue weighted by atomic mass is 9.84. The smallest absolute Gasteiger partial charge is 0.210 e. The predicted octanol–water partition coefficient (Wildman–Crippen LogP) is 1.59. The maximum atomic E-state index is 11.0. The van der Waals surface area contributed by atoms with Crippen LogP contribution in [0, 0.1) is 5.41 Å². The van der Waals surface area contributed by atoms with E-state index in [4.69, 9.17) is 0 Å². The summed E-state index contributed by atoms with van der Waals surface area (Å²) in [5.74, 6) is 0. The van der Waals surface area contributed by atoms with Crippen LogP contribution in [0.4, 0.5) is 0 Å². The van der Waals surface area contributed by atoms with Gasteiger partial charge in [0.1, 0.15) is 5.41 Å². The van der Waals surface area contributed by atoms with Crippen molar-refractivity contribution in [2.24, 2.45) is 5.41 Å². The second-order valence-electron chi connectivity index (χ2n) is 2.47. The first kappa shape index (κ1) is 7.79. The lowest BCUT2D eigenvalue weighted by Gasteiger charge is -2.34. The van der Waals surface area contributed by atoms with E-state index in [0.29, 0.717) is 12.8 Å². The Morgan fingerprint density at radius 1 is 1.20 bits per heavy atom. The Balaban J connectivity index is 2.81. The summed E-state index contributed by atoms with van der Waals surface area (Å²) < 4.78 is 0. The molecule has 0 aromatic carbocycles. The standard InChI is InChI=1S/C7H10O2S/c1-3-7(4-2)5(8)10-6(7)9/h3-4H2,1-2H3. The van der Waals surface area contributed by atoms with Crippen molar-refractivity contribution < 1.29 is 9.59 Å². The largest absolute Gasteiger partial charge is 0.286 e. The van der Waals surface area contributed by atoms with Crippen LogP contribution < -0.4 is 0 Å². The van der Waals surface area contributed by atoms with Gasteiger partial charge < -0.3 is 0 Å². The summed E-state index contributed by atoms with van der Waals surface area (Å²) in [5, 5.41) is 0.116. The quantitative estimate of drug-likeness (QED) is 0.572. The molecule has 0 bridgehead atoms. The zero-order valence-electron chi connectivity index (χ0n) is 6.14. The fraction of sp³-hybridized carbons (Fsp3) is 0.714. The fourth-order valence-corrected chi connectivity index (χ4v) is 2.31. The Morgan fingerprint density at radius 2 is 1.60 bits per heavy atom. The normalized spacial score (nSPS) is 22.6. The van der Waals surface area contributed by atoms with E-state index in [-0.39, 0.29) is 10.2 Å². The second kappa shape index (κ2) is 2.38. The molecule has 0 aliphatic carbocycles. The van der Waals surface area contributed by atoms with Crippen molar-refractivity contribution in [2.45, 2.75) is 26.7 Å². The monoisotopic (exact) mass is 158 g/mol. The summed E-state index contributed by atoms with van der Waals surface area (Å²) in [6, 6.07) is 0. The summed E-state index contributed by atoms with van der Waals surface area (Å²) in [7, 11) is 0. The third-order valence-electron chi connectivity index (χ3n) is 2.17. The van der Waals surface area contributed by atoms with Gasteiger partial charge in [-0.1, -0.05) is 13.8 Å². The number of carbonyl (C=O) groups is 2. The molecular weight excluding hydrogens is 148 g/mol. The van der Waals surface area contributed by atoms with Crippen LogP contribution in [-0.4, -0.2) is 10.2 Å². The molecule has 1 aliphatic rings. The van der Waals surface area contributed by atoms with Crippen molar-refractivity contribution in [3.8, 4) is 0 Å². The SMILES string of the molecule is CCC1(CC)C(=O)SC1=O. The van der Waals surface area contributed by atoms with E-state index in [1.165, 1.54) is 0 Å². The summed E-state index contributed by atoms with van der Waals surface area (Å²) in [6.07, 6.45) is 1.32. The average molecular weight is 158 g/mol. The van der Waals surface area contributed by atoms with Gasteiger partial charge in [0.25, 0.3) is 0 Å². The number of hydrogen-bond acceptors (Lipinski definition) is 3. The number of carbonyl (C=O) groups excluding carboxylic acids is 2. The average Bonchev–Trinajstić information content (AvgIpc) is 1.91. The van der Waals surface area contributed by atoms with Gasteiger partial charge in [-0.05, 0) is 24.6 Å². The molecule has 0 aromatic heterocycles. The molecule has 0 atom stereocenters. The van der Waals surface area contributed by atoms with E-state index < -0.39 is 5.41 Å². The Morgan fingerprint density at radius 3 is 1.70 bits per heavy atom. The Labute approximate surface area is 64.4 Å². The van der Waals surface area contributed by atoms with Crippen LogP contribution in [0.25, 0.3) is 0 Å². The molecule has 0 aromatic rings. The van der Waals surface area contributed by atoms with Crippen LogP contribution >= 0.6 is 11.8 Å². The van der Waals surface area contributed by atoms with E-state index in [1.54, 1.807) is 0 Å². The molecule has 56 valence electrons. The van der Waals surface area contributed by atoms with Crippen LogP contribution in [0.2, 0.25) is 0 Å². The molecule has 1 aliphatic heterocycles. The van der Waals surface area contributed by atoms with Gasteiger partial charge in [0.05, 0.1) is 0 Å². The number of hydrogen-bond donors (Lipinski definition) is 0. The molecule has 1 saturated heterocycles. The minimum atomic E-state index is -0.593. The van der Waals surface area contributed by atoms with Crippen molar-refractivity contribution >= 4 is 22.0 Å². The van der Waals surface area contributed by atoms with Crippen molar-refractivity contribution in [1.82, 2.24) is 0 Å². The number of rotatable bonds is 2. The van der Waals surface area contributed by atoms with E-state index in [0.717, 1.165) is 11.8 Å². The van der Waals surface area contributed by atoms with Gasteiger partial charge in [-0.25, -0.2) is 0 Å². The van der Waals surface area contributed by atoms with Gasteiger partial charge in [-0.15, -0.1) is 0 Å². The van der Waals surface area contributed by atoms with Crippen LogP contribution in [0.3, 0.4) is 0 Å². The molecule has 1 heterocycles. The van der Waals surface area contributed by atoms with Crippen molar-refractivity contribution in [3.05, 3.63) is 0 Å². The summed E-state index contributed by atoms with van der Waals surface area (Å²) in [6.45, 7) is 3.78. The number of thioether (sulfide) groups is 1. The molecule has 3 heteroatoms. The second-order valence-corrected chi connectivity index (χ2v) is 3.41. The fourth-order valence-electron chi connectivity index (χ4n) is 1.14. The molecule has 0 amide bonds. The molecule has 0 spiro atoms. The molecule has 2 nitrogen and oxygen atoms in total. The molecule has 10 heavy (non-hydrogen) atoms.